The summed E-state index contributed by atoms with van der Waals surface area (Å²) >= 11 is 11.5. The maximum Gasteiger partial charge on any atom is 0.416 e. The van der Waals surface area contributed by atoms with Crippen molar-refractivity contribution >= 4 is 29.1 Å². The van der Waals surface area contributed by atoms with Gasteiger partial charge in [-0.2, -0.15) is 13.2 Å². The minimum atomic E-state index is -4.76. The molecule has 1 aromatic rings. The van der Waals surface area contributed by atoms with Crippen LogP contribution >= 0.6 is 23.2 Å². The van der Waals surface area contributed by atoms with Gasteiger partial charge in [0, 0.05) is 6.07 Å². The van der Waals surface area contributed by atoms with Crippen LogP contribution in [0.2, 0.25) is 10.0 Å². The van der Waals surface area contributed by atoms with Crippen LogP contribution in [0.5, 0.6) is 5.75 Å². The van der Waals surface area contributed by atoms with Crippen molar-refractivity contribution < 1.29 is 27.8 Å². The van der Waals surface area contributed by atoms with Crippen LogP contribution in [0.4, 0.5) is 13.2 Å². The fourth-order valence-corrected chi connectivity index (χ4v) is 1.53. The average Bonchev–Trinajstić information content (AvgIpc) is 2.39. The molecule has 1 aromatic carbocycles. The molecule has 0 saturated heterocycles. The van der Waals surface area contributed by atoms with Crippen molar-refractivity contribution in [2.24, 2.45) is 0 Å². The van der Waals surface area contributed by atoms with E-state index in [-0.39, 0.29) is 18.1 Å². The number of carbonyl (C=O) groups excluding carboxylic acids is 1. The Morgan fingerprint density at radius 2 is 2.00 bits per heavy atom. The average molecular weight is 346 g/mol. The second kappa shape index (κ2) is 7.72. The minimum Gasteiger partial charge on any atom is -0.493 e. The predicted octanol–water partition coefficient (Wildman–Crippen LogP) is 2.80. The van der Waals surface area contributed by atoms with Gasteiger partial charge in [-0.15, -0.1) is 0 Å². The molecule has 0 aliphatic carbocycles. The summed E-state index contributed by atoms with van der Waals surface area (Å²) in [7, 11) is 0. The van der Waals surface area contributed by atoms with Gasteiger partial charge in [0.1, 0.15) is 5.75 Å². The highest BCUT2D eigenvalue weighted by atomic mass is 35.5. The number of amides is 1. The number of benzene rings is 1. The van der Waals surface area contributed by atoms with Gasteiger partial charge in [0.25, 0.3) is 0 Å². The number of ether oxygens (including phenoxy) is 1. The Morgan fingerprint density at radius 1 is 1.33 bits per heavy atom. The van der Waals surface area contributed by atoms with Gasteiger partial charge in [-0.25, -0.2) is 0 Å². The lowest BCUT2D eigenvalue weighted by molar-refractivity contribution is -0.201. The normalized spacial score (nSPS) is 12.9. The quantitative estimate of drug-likeness (QED) is 0.833. The highest BCUT2D eigenvalue weighted by Gasteiger charge is 2.38. The summed E-state index contributed by atoms with van der Waals surface area (Å²) in [6.07, 6.45) is -7.51. The molecule has 0 bridgehead atoms. The highest BCUT2D eigenvalue weighted by molar-refractivity contribution is 6.42. The number of carbonyl (C=O) groups is 1. The van der Waals surface area contributed by atoms with E-state index >= 15 is 0 Å². The summed E-state index contributed by atoms with van der Waals surface area (Å²) in [5, 5.41) is 11.3. The molecule has 1 atom stereocenters. The molecule has 0 radical (unpaired) electrons. The summed E-state index contributed by atoms with van der Waals surface area (Å²) in [6, 6.07) is 4.51. The zero-order valence-corrected chi connectivity index (χ0v) is 12.1. The van der Waals surface area contributed by atoms with Gasteiger partial charge in [-0.1, -0.05) is 23.2 Å². The number of hydrogen-bond donors (Lipinski definition) is 2. The van der Waals surface area contributed by atoms with Crippen LogP contribution in [0.15, 0.2) is 18.2 Å². The second-order valence-electron chi connectivity index (χ2n) is 4.04. The minimum absolute atomic E-state index is 0.0497. The third-order valence-electron chi connectivity index (χ3n) is 2.36. The van der Waals surface area contributed by atoms with E-state index in [1.54, 1.807) is 6.07 Å². The molecule has 0 aliphatic heterocycles. The first-order chi connectivity index (χ1) is 9.70. The maximum absolute atomic E-state index is 12.0. The zero-order valence-electron chi connectivity index (χ0n) is 10.6. The van der Waals surface area contributed by atoms with Gasteiger partial charge in [0.05, 0.1) is 29.6 Å². The lowest BCUT2D eigenvalue weighted by Gasteiger charge is -2.15. The molecule has 21 heavy (non-hydrogen) atoms. The van der Waals surface area contributed by atoms with Crippen molar-refractivity contribution in [3.8, 4) is 5.75 Å². The van der Waals surface area contributed by atoms with E-state index in [4.69, 9.17) is 33.0 Å². The Morgan fingerprint density at radius 3 is 2.57 bits per heavy atom. The fourth-order valence-electron chi connectivity index (χ4n) is 1.24. The van der Waals surface area contributed by atoms with E-state index in [9.17, 15) is 18.0 Å². The van der Waals surface area contributed by atoms with Crippen molar-refractivity contribution in [3.63, 3.8) is 0 Å². The largest absolute Gasteiger partial charge is 0.493 e. The summed E-state index contributed by atoms with van der Waals surface area (Å²) in [6.45, 7) is -0.943. The van der Waals surface area contributed by atoms with Crippen LogP contribution in [-0.4, -0.2) is 36.4 Å². The standard InChI is InChI=1S/C12H12Cl2F3NO3/c13-8-2-1-7(5-9(8)14)21-4-3-11(20)18-6-10(19)12(15,16)17/h1-2,5,10,19H,3-4,6H2,(H,18,20). The highest BCUT2D eigenvalue weighted by Crippen LogP contribution is 2.26. The summed E-state index contributed by atoms with van der Waals surface area (Å²) in [4.78, 5) is 11.3. The van der Waals surface area contributed by atoms with Crippen LogP contribution in [0, 0.1) is 0 Å². The molecule has 0 fully saturated rings. The van der Waals surface area contributed by atoms with Crippen LogP contribution in [-0.2, 0) is 4.79 Å². The second-order valence-corrected chi connectivity index (χ2v) is 4.85. The lowest BCUT2D eigenvalue weighted by atomic mass is 10.3. The van der Waals surface area contributed by atoms with Gasteiger partial charge < -0.3 is 15.2 Å². The molecule has 1 unspecified atom stereocenters. The Bertz CT molecular complexity index is 497. The molecule has 9 heteroatoms. The summed E-state index contributed by atoms with van der Waals surface area (Å²) in [5.41, 5.74) is 0. The molecular weight excluding hydrogens is 334 g/mol. The molecule has 2 N–H and O–H groups in total. The van der Waals surface area contributed by atoms with E-state index in [0.29, 0.717) is 10.8 Å². The van der Waals surface area contributed by atoms with Crippen LogP contribution in [0.25, 0.3) is 0 Å². The van der Waals surface area contributed by atoms with Crippen LogP contribution in [0.1, 0.15) is 6.42 Å². The maximum atomic E-state index is 12.0. The van der Waals surface area contributed by atoms with Gasteiger partial charge >= 0.3 is 6.18 Å². The SMILES string of the molecule is O=C(CCOc1ccc(Cl)c(Cl)c1)NCC(O)C(F)(F)F. The number of aliphatic hydroxyl groups excluding tert-OH is 1. The first-order valence-corrected chi connectivity index (χ1v) is 6.55. The molecule has 0 aromatic heterocycles. The molecule has 0 aliphatic rings. The van der Waals surface area contributed by atoms with E-state index in [1.165, 1.54) is 12.1 Å². The van der Waals surface area contributed by atoms with Gasteiger partial charge in [-0.05, 0) is 12.1 Å². The molecule has 1 rings (SSSR count). The molecule has 1 amide bonds. The number of aliphatic hydroxyl groups is 1. The van der Waals surface area contributed by atoms with E-state index in [1.807, 2.05) is 5.32 Å². The van der Waals surface area contributed by atoms with Crippen molar-refractivity contribution in [1.29, 1.82) is 0 Å². The summed E-state index contributed by atoms with van der Waals surface area (Å²) < 4.78 is 41.2. The van der Waals surface area contributed by atoms with E-state index in [0.717, 1.165) is 0 Å². The van der Waals surface area contributed by atoms with Gasteiger partial charge in [0.2, 0.25) is 5.91 Å². The first-order valence-electron chi connectivity index (χ1n) is 5.79. The molecule has 0 heterocycles. The molecule has 0 spiro atoms. The number of nitrogens with one attached hydrogen (secondary N) is 1. The number of hydrogen-bond acceptors (Lipinski definition) is 3. The topological polar surface area (TPSA) is 58.6 Å². The zero-order chi connectivity index (χ0) is 16.0. The Labute approximate surface area is 128 Å². The summed E-state index contributed by atoms with van der Waals surface area (Å²) in [5.74, 6) is -0.286. The molecular formula is C12H12Cl2F3NO3. The van der Waals surface area contributed by atoms with Crippen LogP contribution in [0.3, 0.4) is 0 Å². The van der Waals surface area contributed by atoms with Crippen LogP contribution < -0.4 is 10.1 Å². The molecule has 0 saturated carbocycles. The Hall–Kier alpha value is -1.18. The molecule has 4 nitrogen and oxygen atoms in total. The third kappa shape index (κ3) is 6.41. The fraction of sp³-hybridized carbons (Fsp3) is 0.417. The number of alkyl halides is 3. The Kier molecular flexibility index (Phi) is 6.57. The number of halogens is 5. The van der Waals surface area contributed by atoms with Crippen molar-refractivity contribution in [2.75, 3.05) is 13.2 Å². The van der Waals surface area contributed by atoms with Crippen molar-refractivity contribution in [1.82, 2.24) is 5.32 Å². The van der Waals surface area contributed by atoms with Gasteiger partial charge in [0.15, 0.2) is 6.10 Å². The van der Waals surface area contributed by atoms with Gasteiger partial charge in [-0.3, -0.25) is 4.79 Å². The first kappa shape index (κ1) is 17.9. The predicted molar refractivity (Wildman–Crippen MR) is 71.6 cm³/mol. The van der Waals surface area contributed by atoms with E-state index < -0.39 is 24.7 Å². The smallest absolute Gasteiger partial charge is 0.416 e. The molecule has 118 valence electrons. The monoisotopic (exact) mass is 345 g/mol. The Balaban J connectivity index is 2.29. The van der Waals surface area contributed by atoms with Crippen molar-refractivity contribution in [3.05, 3.63) is 28.2 Å². The van der Waals surface area contributed by atoms with E-state index in [2.05, 4.69) is 0 Å². The van der Waals surface area contributed by atoms with Crippen molar-refractivity contribution in [2.45, 2.75) is 18.7 Å². The lowest BCUT2D eigenvalue weighted by Crippen LogP contribution is -2.40. The number of rotatable bonds is 6. The third-order valence-corrected chi connectivity index (χ3v) is 3.10.